The number of ether oxygens (including phenoxy) is 1. The maximum absolute atomic E-state index is 10.3. The molecule has 0 radical (unpaired) electrons. The molecule has 3 heteroatoms. The highest BCUT2D eigenvalue weighted by atomic mass is 16.5. The van der Waals surface area contributed by atoms with Gasteiger partial charge in [-0.2, -0.15) is 0 Å². The van der Waals surface area contributed by atoms with E-state index in [1.54, 1.807) is 12.1 Å². The van der Waals surface area contributed by atoms with E-state index in [0.717, 1.165) is 0 Å². The van der Waals surface area contributed by atoms with Crippen molar-refractivity contribution in [2.75, 3.05) is 6.61 Å². The Morgan fingerprint density at radius 1 is 0.696 bits per heavy atom. The first kappa shape index (κ1) is 16.3. The molecule has 0 fully saturated rings. The van der Waals surface area contributed by atoms with E-state index < -0.39 is 5.91 Å². The second-order valence-corrected chi connectivity index (χ2v) is 4.80. The van der Waals surface area contributed by atoms with E-state index in [-0.39, 0.29) is 6.61 Å². The number of nitrogens with two attached hydrogens (primary N) is 1. The molecule has 3 aromatic rings. The summed E-state index contributed by atoms with van der Waals surface area (Å²) in [4.78, 5) is 10.3. The standard InChI is InChI=1S/C12H10.C8H9NO2/c1-3-7-11(8-4-1)12-9-5-2-6-10-12;9-8(10)6-11-7-4-2-1-3-5-7/h1-10H;1-5H,6H2,(H2,9,10). The first-order chi connectivity index (χ1) is 11.3. The van der Waals surface area contributed by atoms with Crippen LogP contribution in [-0.2, 0) is 4.79 Å². The number of para-hydroxylation sites is 1. The van der Waals surface area contributed by atoms with Crippen LogP contribution >= 0.6 is 0 Å². The van der Waals surface area contributed by atoms with Gasteiger partial charge in [0.15, 0.2) is 6.61 Å². The highest BCUT2D eigenvalue weighted by Crippen LogP contribution is 2.17. The lowest BCUT2D eigenvalue weighted by molar-refractivity contribution is -0.119. The average molecular weight is 305 g/mol. The molecule has 0 saturated heterocycles. The molecule has 3 nitrogen and oxygen atoms in total. The molecule has 0 atom stereocenters. The van der Waals surface area contributed by atoms with Gasteiger partial charge in [-0.15, -0.1) is 0 Å². The van der Waals surface area contributed by atoms with Crippen LogP contribution < -0.4 is 10.5 Å². The van der Waals surface area contributed by atoms with Gasteiger partial charge in [0.05, 0.1) is 0 Å². The minimum atomic E-state index is -0.464. The molecule has 0 aliphatic heterocycles. The Bertz CT molecular complexity index is 660. The fourth-order valence-corrected chi connectivity index (χ4v) is 1.93. The first-order valence-electron chi connectivity index (χ1n) is 7.32. The molecular weight excluding hydrogens is 286 g/mol. The zero-order valence-corrected chi connectivity index (χ0v) is 12.8. The SMILES string of the molecule is NC(=O)COc1ccccc1.c1ccc(-c2ccccc2)cc1. The third-order valence-corrected chi connectivity index (χ3v) is 3.01. The lowest BCUT2D eigenvalue weighted by Crippen LogP contribution is -2.19. The monoisotopic (exact) mass is 305 g/mol. The summed E-state index contributed by atoms with van der Waals surface area (Å²) < 4.78 is 4.99. The predicted octanol–water partition coefficient (Wildman–Crippen LogP) is 3.90. The summed E-state index contributed by atoms with van der Waals surface area (Å²) in [6, 6.07) is 29.8. The van der Waals surface area contributed by atoms with E-state index >= 15 is 0 Å². The molecule has 0 aromatic heterocycles. The normalized spacial score (nSPS) is 9.39. The van der Waals surface area contributed by atoms with E-state index in [1.165, 1.54) is 11.1 Å². The Morgan fingerprint density at radius 3 is 1.48 bits per heavy atom. The zero-order chi connectivity index (χ0) is 16.3. The van der Waals surface area contributed by atoms with Crippen LogP contribution in [0.25, 0.3) is 11.1 Å². The second-order valence-electron chi connectivity index (χ2n) is 4.80. The van der Waals surface area contributed by atoms with Crippen molar-refractivity contribution in [1.29, 1.82) is 0 Å². The van der Waals surface area contributed by atoms with E-state index in [4.69, 9.17) is 10.5 Å². The van der Waals surface area contributed by atoms with Gasteiger partial charge in [-0.1, -0.05) is 78.9 Å². The molecule has 0 spiro atoms. The topological polar surface area (TPSA) is 52.3 Å². The van der Waals surface area contributed by atoms with Crippen LogP contribution in [0.2, 0.25) is 0 Å². The molecule has 0 unspecified atom stereocenters. The molecule has 0 saturated carbocycles. The highest BCUT2D eigenvalue weighted by molar-refractivity contribution is 5.75. The van der Waals surface area contributed by atoms with Crippen LogP contribution in [0.4, 0.5) is 0 Å². The van der Waals surface area contributed by atoms with Crippen LogP contribution in [0.15, 0.2) is 91.0 Å². The van der Waals surface area contributed by atoms with Crippen molar-refractivity contribution in [3.8, 4) is 16.9 Å². The van der Waals surface area contributed by atoms with E-state index in [1.807, 2.05) is 30.3 Å². The van der Waals surface area contributed by atoms with Crippen molar-refractivity contribution < 1.29 is 9.53 Å². The number of rotatable bonds is 4. The fourth-order valence-electron chi connectivity index (χ4n) is 1.93. The van der Waals surface area contributed by atoms with Crippen LogP contribution in [0, 0.1) is 0 Å². The summed E-state index contributed by atoms with van der Waals surface area (Å²) in [6.45, 7) is -0.0655. The van der Waals surface area contributed by atoms with E-state index in [9.17, 15) is 4.79 Å². The van der Waals surface area contributed by atoms with Crippen LogP contribution in [0.5, 0.6) is 5.75 Å². The minimum absolute atomic E-state index is 0.0655. The van der Waals surface area contributed by atoms with Crippen LogP contribution in [0.3, 0.4) is 0 Å². The summed E-state index contributed by atoms with van der Waals surface area (Å²) in [7, 11) is 0. The van der Waals surface area contributed by atoms with Crippen molar-refractivity contribution in [3.05, 3.63) is 91.0 Å². The zero-order valence-electron chi connectivity index (χ0n) is 12.8. The number of hydrogen-bond donors (Lipinski definition) is 1. The van der Waals surface area contributed by atoms with Crippen molar-refractivity contribution in [2.45, 2.75) is 0 Å². The van der Waals surface area contributed by atoms with Crippen LogP contribution in [0.1, 0.15) is 0 Å². The third kappa shape index (κ3) is 6.06. The van der Waals surface area contributed by atoms with E-state index in [0.29, 0.717) is 5.75 Å². The number of benzene rings is 3. The van der Waals surface area contributed by atoms with Gasteiger partial charge in [-0.25, -0.2) is 0 Å². The molecule has 0 heterocycles. The molecular formula is C20H19NO2. The van der Waals surface area contributed by atoms with Gasteiger partial charge in [0, 0.05) is 0 Å². The molecule has 0 bridgehead atoms. The molecule has 23 heavy (non-hydrogen) atoms. The van der Waals surface area contributed by atoms with Crippen LogP contribution in [-0.4, -0.2) is 12.5 Å². The maximum Gasteiger partial charge on any atom is 0.255 e. The summed E-state index contributed by atoms with van der Waals surface area (Å²) in [6.07, 6.45) is 0. The van der Waals surface area contributed by atoms with Crippen molar-refractivity contribution in [3.63, 3.8) is 0 Å². The number of primary amides is 1. The lowest BCUT2D eigenvalue weighted by Gasteiger charge is -2.00. The maximum atomic E-state index is 10.3. The minimum Gasteiger partial charge on any atom is -0.484 e. The molecule has 1 amide bonds. The largest absolute Gasteiger partial charge is 0.484 e. The molecule has 3 aromatic carbocycles. The number of amides is 1. The van der Waals surface area contributed by atoms with Gasteiger partial charge in [0.2, 0.25) is 0 Å². The fraction of sp³-hybridized carbons (Fsp3) is 0.0500. The van der Waals surface area contributed by atoms with Gasteiger partial charge in [0.25, 0.3) is 5.91 Å². The number of carbonyl (C=O) groups excluding carboxylic acids is 1. The van der Waals surface area contributed by atoms with Crippen molar-refractivity contribution >= 4 is 5.91 Å². The second kappa shape index (κ2) is 9.05. The van der Waals surface area contributed by atoms with E-state index in [2.05, 4.69) is 48.5 Å². The summed E-state index contributed by atoms with van der Waals surface area (Å²) in [5, 5.41) is 0. The highest BCUT2D eigenvalue weighted by Gasteiger charge is 1.94. The first-order valence-corrected chi connectivity index (χ1v) is 7.32. The average Bonchev–Trinajstić information content (AvgIpc) is 2.63. The number of carbonyl (C=O) groups is 1. The third-order valence-electron chi connectivity index (χ3n) is 3.01. The smallest absolute Gasteiger partial charge is 0.255 e. The van der Waals surface area contributed by atoms with Gasteiger partial charge in [-0.3, -0.25) is 4.79 Å². The van der Waals surface area contributed by atoms with Gasteiger partial charge < -0.3 is 10.5 Å². The van der Waals surface area contributed by atoms with Gasteiger partial charge >= 0.3 is 0 Å². The van der Waals surface area contributed by atoms with Gasteiger partial charge in [0.1, 0.15) is 5.75 Å². The summed E-state index contributed by atoms with van der Waals surface area (Å²) >= 11 is 0. The molecule has 3 rings (SSSR count). The quantitative estimate of drug-likeness (QED) is 0.794. The molecule has 0 aliphatic rings. The Morgan fingerprint density at radius 2 is 1.09 bits per heavy atom. The Labute approximate surface area is 136 Å². The van der Waals surface area contributed by atoms with Gasteiger partial charge in [-0.05, 0) is 23.3 Å². The lowest BCUT2D eigenvalue weighted by atomic mass is 10.1. The molecule has 2 N–H and O–H groups in total. The Hall–Kier alpha value is -3.07. The summed E-state index contributed by atoms with van der Waals surface area (Å²) in [5.41, 5.74) is 7.43. The molecule has 0 aliphatic carbocycles. The Balaban J connectivity index is 0.000000168. The van der Waals surface area contributed by atoms with Crippen molar-refractivity contribution in [1.82, 2.24) is 0 Å². The number of hydrogen-bond acceptors (Lipinski definition) is 2. The predicted molar refractivity (Wildman–Crippen MR) is 93.0 cm³/mol. The summed E-state index contributed by atoms with van der Waals surface area (Å²) in [5.74, 6) is 0.195. The Kier molecular flexibility index (Phi) is 6.42. The molecule has 116 valence electrons. The van der Waals surface area contributed by atoms with Crippen molar-refractivity contribution in [2.24, 2.45) is 5.73 Å².